The smallest absolute Gasteiger partial charge is 0.242 e. The molecular weight excluding hydrogens is 242 g/mol. The highest BCUT2D eigenvalue weighted by molar-refractivity contribution is 5.87. The fraction of sp³-hybridized carbons (Fsp3) is 0.857. The molecule has 4 N–H and O–H groups in total. The number of carbonyl (C=O) groups excluding carboxylic acids is 2. The first-order valence-electron chi connectivity index (χ1n) is 7.37. The lowest BCUT2D eigenvalue weighted by Crippen LogP contribution is -2.46. The number of nitrogens with one attached hydrogen (secondary N) is 2. The van der Waals surface area contributed by atoms with E-state index < -0.39 is 6.04 Å². The molecule has 3 atom stereocenters. The molecule has 1 fully saturated rings. The molecule has 0 aromatic rings. The van der Waals surface area contributed by atoms with Crippen molar-refractivity contribution < 1.29 is 9.59 Å². The predicted molar refractivity (Wildman–Crippen MR) is 75.5 cm³/mol. The SMILES string of the molecule is CCCNC(=O)C(C)NC(=O)CC1CCCCC1N. The van der Waals surface area contributed by atoms with Crippen molar-refractivity contribution in [3.8, 4) is 0 Å². The van der Waals surface area contributed by atoms with E-state index >= 15 is 0 Å². The van der Waals surface area contributed by atoms with Gasteiger partial charge in [-0.25, -0.2) is 0 Å². The molecule has 0 bridgehead atoms. The first-order valence-corrected chi connectivity index (χ1v) is 7.37. The van der Waals surface area contributed by atoms with Crippen LogP contribution in [0.5, 0.6) is 0 Å². The van der Waals surface area contributed by atoms with Gasteiger partial charge in [0.05, 0.1) is 0 Å². The van der Waals surface area contributed by atoms with Gasteiger partial charge in [0.15, 0.2) is 0 Å². The van der Waals surface area contributed by atoms with E-state index in [0.29, 0.717) is 13.0 Å². The van der Waals surface area contributed by atoms with Crippen LogP contribution < -0.4 is 16.4 Å². The van der Waals surface area contributed by atoms with Gasteiger partial charge in [0.25, 0.3) is 0 Å². The molecule has 2 amide bonds. The fourth-order valence-corrected chi connectivity index (χ4v) is 2.50. The zero-order valence-corrected chi connectivity index (χ0v) is 12.1. The quantitative estimate of drug-likeness (QED) is 0.670. The molecule has 1 rings (SSSR count). The first-order chi connectivity index (χ1) is 9.04. The van der Waals surface area contributed by atoms with Crippen LogP contribution in [-0.4, -0.2) is 30.4 Å². The number of hydrogen-bond acceptors (Lipinski definition) is 3. The van der Waals surface area contributed by atoms with Gasteiger partial charge < -0.3 is 16.4 Å². The number of carbonyl (C=O) groups is 2. The summed E-state index contributed by atoms with van der Waals surface area (Å²) in [6.45, 7) is 4.35. The van der Waals surface area contributed by atoms with Gasteiger partial charge >= 0.3 is 0 Å². The Morgan fingerprint density at radius 2 is 2.00 bits per heavy atom. The molecule has 5 heteroatoms. The van der Waals surface area contributed by atoms with E-state index in [1.807, 2.05) is 6.92 Å². The van der Waals surface area contributed by atoms with Crippen molar-refractivity contribution in [2.24, 2.45) is 11.7 Å². The largest absolute Gasteiger partial charge is 0.354 e. The second-order valence-corrected chi connectivity index (χ2v) is 5.49. The molecule has 0 heterocycles. The Morgan fingerprint density at radius 3 is 2.63 bits per heavy atom. The molecule has 0 spiro atoms. The average Bonchev–Trinajstić information content (AvgIpc) is 2.38. The Hall–Kier alpha value is -1.10. The van der Waals surface area contributed by atoms with Crippen molar-refractivity contribution in [2.75, 3.05) is 6.54 Å². The lowest BCUT2D eigenvalue weighted by atomic mass is 9.83. The van der Waals surface area contributed by atoms with E-state index in [9.17, 15) is 9.59 Å². The van der Waals surface area contributed by atoms with Crippen LogP contribution >= 0.6 is 0 Å². The van der Waals surface area contributed by atoms with Crippen molar-refractivity contribution >= 4 is 11.8 Å². The summed E-state index contributed by atoms with van der Waals surface area (Å²) in [6, 6.07) is -0.345. The standard InChI is InChI=1S/C14H27N3O2/c1-3-8-16-14(19)10(2)17-13(18)9-11-6-4-5-7-12(11)15/h10-12H,3-9,15H2,1-2H3,(H,16,19)(H,17,18). The van der Waals surface area contributed by atoms with Gasteiger partial charge in [-0.05, 0) is 32.1 Å². The van der Waals surface area contributed by atoms with E-state index in [1.165, 1.54) is 0 Å². The Labute approximate surface area is 115 Å². The van der Waals surface area contributed by atoms with E-state index in [2.05, 4.69) is 10.6 Å². The maximum absolute atomic E-state index is 11.9. The maximum Gasteiger partial charge on any atom is 0.242 e. The van der Waals surface area contributed by atoms with Crippen LogP contribution in [0.25, 0.3) is 0 Å². The third kappa shape index (κ3) is 5.59. The second kappa shape index (κ2) is 8.15. The van der Waals surface area contributed by atoms with Gasteiger partial charge in [-0.3, -0.25) is 9.59 Å². The Balaban J connectivity index is 2.31. The summed E-state index contributed by atoms with van der Waals surface area (Å²) in [5.74, 6) is 0.0734. The Bertz CT molecular complexity index is 307. The minimum Gasteiger partial charge on any atom is -0.354 e. The summed E-state index contributed by atoms with van der Waals surface area (Å²) < 4.78 is 0. The number of amides is 2. The summed E-state index contributed by atoms with van der Waals surface area (Å²) in [7, 11) is 0. The Morgan fingerprint density at radius 1 is 1.32 bits per heavy atom. The summed E-state index contributed by atoms with van der Waals surface area (Å²) >= 11 is 0. The molecule has 0 radical (unpaired) electrons. The second-order valence-electron chi connectivity index (χ2n) is 5.49. The van der Waals surface area contributed by atoms with Crippen LogP contribution in [0.1, 0.15) is 52.4 Å². The average molecular weight is 269 g/mol. The van der Waals surface area contributed by atoms with Gasteiger partial charge in [-0.2, -0.15) is 0 Å². The lowest BCUT2D eigenvalue weighted by Gasteiger charge is -2.28. The summed E-state index contributed by atoms with van der Waals surface area (Å²) in [5, 5.41) is 5.52. The number of hydrogen-bond donors (Lipinski definition) is 3. The van der Waals surface area contributed by atoms with E-state index in [1.54, 1.807) is 6.92 Å². The van der Waals surface area contributed by atoms with Crippen LogP contribution in [0.3, 0.4) is 0 Å². The van der Waals surface area contributed by atoms with Crippen molar-refractivity contribution in [1.82, 2.24) is 10.6 Å². The highest BCUT2D eigenvalue weighted by Gasteiger charge is 2.25. The highest BCUT2D eigenvalue weighted by atomic mass is 16.2. The molecule has 19 heavy (non-hydrogen) atoms. The molecule has 1 saturated carbocycles. The van der Waals surface area contributed by atoms with Crippen LogP contribution in [0, 0.1) is 5.92 Å². The zero-order chi connectivity index (χ0) is 14.3. The molecule has 0 aromatic heterocycles. The molecule has 1 aliphatic carbocycles. The molecule has 0 aromatic carbocycles. The summed E-state index contributed by atoms with van der Waals surface area (Å²) in [5.41, 5.74) is 6.02. The molecule has 5 nitrogen and oxygen atoms in total. The van der Waals surface area contributed by atoms with Crippen LogP contribution in [0.2, 0.25) is 0 Å². The molecule has 1 aliphatic rings. The van der Waals surface area contributed by atoms with Crippen molar-refractivity contribution in [3.63, 3.8) is 0 Å². The number of nitrogens with two attached hydrogens (primary N) is 1. The first kappa shape index (κ1) is 16.0. The zero-order valence-electron chi connectivity index (χ0n) is 12.1. The van der Waals surface area contributed by atoms with Gasteiger partial charge in [-0.15, -0.1) is 0 Å². The van der Waals surface area contributed by atoms with Gasteiger partial charge in [0.1, 0.15) is 6.04 Å². The van der Waals surface area contributed by atoms with Gasteiger partial charge in [0, 0.05) is 19.0 Å². The molecule has 110 valence electrons. The Kier molecular flexibility index (Phi) is 6.84. The topological polar surface area (TPSA) is 84.2 Å². The fourth-order valence-electron chi connectivity index (χ4n) is 2.50. The third-order valence-electron chi connectivity index (χ3n) is 3.74. The van der Waals surface area contributed by atoms with Crippen molar-refractivity contribution in [2.45, 2.75) is 64.5 Å². The van der Waals surface area contributed by atoms with E-state index in [-0.39, 0.29) is 23.8 Å². The molecule has 3 unspecified atom stereocenters. The maximum atomic E-state index is 11.9. The minimum absolute atomic E-state index is 0.0681. The number of rotatable bonds is 6. The summed E-state index contributed by atoms with van der Waals surface area (Å²) in [4.78, 5) is 23.5. The van der Waals surface area contributed by atoms with Crippen molar-refractivity contribution in [3.05, 3.63) is 0 Å². The van der Waals surface area contributed by atoms with Crippen LogP contribution in [-0.2, 0) is 9.59 Å². The highest BCUT2D eigenvalue weighted by Crippen LogP contribution is 2.25. The normalized spacial score (nSPS) is 24.6. The lowest BCUT2D eigenvalue weighted by molar-refractivity contribution is -0.129. The van der Waals surface area contributed by atoms with Gasteiger partial charge in [-0.1, -0.05) is 19.8 Å². The summed E-state index contributed by atoms with van der Waals surface area (Å²) in [6.07, 6.45) is 5.67. The molecule has 0 aliphatic heterocycles. The van der Waals surface area contributed by atoms with Gasteiger partial charge in [0.2, 0.25) is 11.8 Å². The predicted octanol–water partition coefficient (Wildman–Crippen LogP) is 0.925. The minimum atomic E-state index is -0.473. The van der Waals surface area contributed by atoms with E-state index in [0.717, 1.165) is 32.1 Å². The van der Waals surface area contributed by atoms with E-state index in [4.69, 9.17) is 5.73 Å². The monoisotopic (exact) mass is 269 g/mol. The molecular formula is C14H27N3O2. The third-order valence-corrected chi connectivity index (χ3v) is 3.74. The molecule has 0 saturated heterocycles. The van der Waals surface area contributed by atoms with Crippen LogP contribution in [0.15, 0.2) is 0 Å². The van der Waals surface area contributed by atoms with Crippen LogP contribution in [0.4, 0.5) is 0 Å². The van der Waals surface area contributed by atoms with Crippen molar-refractivity contribution in [1.29, 1.82) is 0 Å².